The van der Waals surface area contributed by atoms with Gasteiger partial charge in [0, 0.05) is 59.1 Å². The molecule has 7 unspecified atom stereocenters. The fourth-order valence-corrected chi connectivity index (χ4v) is 8.26. The Balaban J connectivity index is 0.000000192. The zero-order chi connectivity index (χ0) is 58.7. The van der Waals surface area contributed by atoms with E-state index in [1.165, 1.54) is 38.7 Å². The first-order chi connectivity index (χ1) is 36.1. The van der Waals surface area contributed by atoms with Crippen LogP contribution in [-0.2, 0) is 34.3 Å². The number of ether oxygens (including phenoxy) is 1. The first-order valence-corrected chi connectivity index (χ1v) is 23.3. The van der Waals surface area contributed by atoms with Crippen LogP contribution in [0.1, 0.15) is 63.8 Å². The number of pyridine rings is 4. The first kappa shape index (κ1) is 61.6. The van der Waals surface area contributed by atoms with Crippen molar-refractivity contribution in [2.45, 2.75) is 109 Å². The SMILES string of the molecule is CC1C(C)N(c2cc(C(F)(F)F)ccn2)C(=O)N1C.CC1CN(C)C(=O)N1c1cc(C(F)(F)F)ccn1.CCOC1C(O)N(c2cc(C(F)(F)F)ccn2)C(=O)N1C.CON1C(=O)N(c2cc(C(F)(F)F)ccn2)C(C)C1C. The Morgan fingerprint density at radius 1 is 0.513 bits per heavy atom. The van der Waals surface area contributed by atoms with Crippen molar-refractivity contribution in [1.29, 1.82) is 0 Å². The van der Waals surface area contributed by atoms with Crippen LogP contribution in [0, 0.1) is 0 Å². The number of likely N-dealkylation sites (N-methyl/N-ethyl adjacent to an activating group) is 3. The van der Waals surface area contributed by atoms with E-state index in [0.29, 0.717) is 12.6 Å². The molecule has 0 spiro atoms. The van der Waals surface area contributed by atoms with Crippen molar-refractivity contribution in [1.82, 2.24) is 39.7 Å². The smallest absolute Gasteiger partial charge is 0.369 e. The minimum Gasteiger partial charge on any atom is -0.369 e. The third kappa shape index (κ3) is 13.3. The zero-order valence-electron chi connectivity index (χ0n) is 43.2. The molecule has 78 heavy (non-hydrogen) atoms. The summed E-state index contributed by atoms with van der Waals surface area (Å²) < 4.78 is 157. The number of aromatic nitrogens is 4. The molecule has 4 aromatic heterocycles. The van der Waals surface area contributed by atoms with Crippen LogP contribution in [0.15, 0.2) is 73.3 Å². The van der Waals surface area contributed by atoms with Gasteiger partial charge in [-0.2, -0.15) is 57.7 Å². The van der Waals surface area contributed by atoms with Gasteiger partial charge in [-0.3, -0.25) is 24.4 Å². The highest BCUT2D eigenvalue weighted by molar-refractivity contribution is 5.96. The van der Waals surface area contributed by atoms with Crippen molar-refractivity contribution in [3.05, 3.63) is 95.6 Å². The number of aliphatic hydroxyl groups is 1. The van der Waals surface area contributed by atoms with Gasteiger partial charge in [0.15, 0.2) is 12.5 Å². The highest BCUT2D eigenvalue weighted by Crippen LogP contribution is 2.37. The molecule has 8 amide bonds. The minimum atomic E-state index is -4.56. The van der Waals surface area contributed by atoms with Gasteiger partial charge in [-0.05, 0) is 90.1 Å². The van der Waals surface area contributed by atoms with Crippen LogP contribution in [-0.4, -0.2) is 153 Å². The largest absolute Gasteiger partial charge is 0.416 e. The maximum Gasteiger partial charge on any atom is 0.416 e. The molecule has 4 aliphatic rings. The van der Waals surface area contributed by atoms with Crippen LogP contribution >= 0.6 is 0 Å². The summed E-state index contributed by atoms with van der Waals surface area (Å²) in [5.74, 6) is -0.254. The van der Waals surface area contributed by atoms with Gasteiger partial charge in [0.05, 0.1) is 59.6 Å². The maximum absolute atomic E-state index is 12.7. The summed E-state index contributed by atoms with van der Waals surface area (Å²) in [5, 5.41) is 11.2. The zero-order valence-corrected chi connectivity index (χ0v) is 43.2. The Morgan fingerprint density at radius 2 is 0.859 bits per heavy atom. The van der Waals surface area contributed by atoms with Crippen molar-refractivity contribution in [3.63, 3.8) is 0 Å². The molecule has 19 nitrogen and oxygen atoms in total. The summed E-state index contributed by atoms with van der Waals surface area (Å²) in [6.07, 6.45) is -16.2. The molecule has 4 saturated heterocycles. The predicted octanol–water partition coefficient (Wildman–Crippen LogP) is 9.44. The number of anilines is 4. The van der Waals surface area contributed by atoms with E-state index in [4.69, 9.17) is 9.57 Å². The van der Waals surface area contributed by atoms with Gasteiger partial charge in [-0.25, -0.2) is 44.0 Å². The Morgan fingerprint density at radius 3 is 1.17 bits per heavy atom. The summed E-state index contributed by atoms with van der Waals surface area (Å²) in [6, 6.07) is 3.77. The second-order valence-electron chi connectivity index (χ2n) is 17.9. The fourth-order valence-electron chi connectivity index (χ4n) is 8.26. The average molecular weight is 1130 g/mol. The second kappa shape index (κ2) is 23.8. The average Bonchev–Trinajstić information content (AvgIpc) is 3.92. The number of halogens is 12. The van der Waals surface area contributed by atoms with Crippen molar-refractivity contribution in [2.24, 2.45) is 0 Å². The van der Waals surface area contributed by atoms with E-state index in [9.17, 15) is 77.0 Å². The number of nitrogens with zero attached hydrogens (tertiary/aromatic N) is 12. The van der Waals surface area contributed by atoms with Crippen molar-refractivity contribution in [3.8, 4) is 0 Å². The Labute approximate surface area is 438 Å². The van der Waals surface area contributed by atoms with E-state index < -0.39 is 71.5 Å². The number of alkyl halides is 12. The number of amides is 8. The number of rotatable bonds is 7. The lowest BCUT2D eigenvalue weighted by molar-refractivity contribution is -0.138. The van der Waals surface area contributed by atoms with Gasteiger partial charge >= 0.3 is 48.8 Å². The molecule has 4 aliphatic heterocycles. The van der Waals surface area contributed by atoms with E-state index >= 15 is 0 Å². The van der Waals surface area contributed by atoms with Gasteiger partial charge in [0.2, 0.25) is 0 Å². The molecular weight excluding hydrogens is 1070 g/mol. The maximum atomic E-state index is 12.7. The van der Waals surface area contributed by atoms with Crippen LogP contribution in [0.4, 0.5) is 95.1 Å². The highest BCUT2D eigenvalue weighted by atomic mass is 19.4. The Bertz CT molecular complexity index is 2770. The molecule has 0 aliphatic carbocycles. The molecule has 428 valence electrons. The highest BCUT2D eigenvalue weighted by Gasteiger charge is 2.47. The number of hydrogen-bond acceptors (Lipinski definition) is 11. The second-order valence-corrected chi connectivity index (χ2v) is 17.9. The molecule has 0 saturated carbocycles. The number of hydroxylamine groups is 2. The van der Waals surface area contributed by atoms with Gasteiger partial charge < -0.3 is 19.6 Å². The molecule has 1 N–H and O–H groups in total. The van der Waals surface area contributed by atoms with Crippen molar-refractivity contribution < 1.29 is 86.5 Å². The van der Waals surface area contributed by atoms with E-state index in [-0.39, 0.29) is 72.1 Å². The van der Waals surface area contributed by atoms with Crippen LogP contribution in [0.25, 0.3) is 0 Å². The lowest BCUT2D eigenvalue weighted by Gasteiger charge is -2.21. The van der Waals surface area contributed by atoms with Crippen molar-refractivity contribution in [2.75, 3.05) is 61.0 Å². The number of aliphatic hydroxyl groups excluding tert-OH is 1. The van der Waals surface area contributed by atoms with Crippen molar-refractivity contribution >= 4 is 47.4 Å². The summed E-state index contributed by atoms with van der Waals surface area (Å²) >= 11 is 0. The minimum absolute atomic E-state index is 0.0310. The number of urea groups is 4. The number of carbonyl (C=O) groups is 4. The Kier molecular flexibility index (Phi) is 18.8. The number of carbonyl (C=O) groups excluding carboxylic acids is 4. The molecule has 0 aromatic carbocycles. The monoisotopic (exact) mass is 1130 g/mol. The first-order valence-electron chi connectivity index (χ1n) is 23.3. The molecular formula is C47H54F12N12O7. The molecule has 0 bridgehead atoms. The standard InChI is InChI=1S/C12H14F3N3O3.C12H14F3N3O2.C12H14F3N3O.C11H12F3N3O/c1-3-21-10-9(19)18(11(20)17(10)2)8-6-7(4-5-16-8)12(13,14)15;1-7-8(2)18(20-3)11(19)17(7)10-6-9(4-5-16-10)12(13,14)15;1-7-8(2)18(11(19)17(7)3)10-6-9(4-5-16-10)12(13,14)15;1-7-6-16(2)10(18)17(7)9-5-8(3-4-15-9)11(12,13)14/h4-6,9-10,19H,3H2,1-2H3;4-8H,1-3H3;4-8H,1-3H3;3-5,7H,6H2,1-2H3. The lowest BCUT2D eigenvalue weighted by atomic mass is 10.1. The molecule has 4 fully saturated rings. The Hall–Kier alpha value is -7.28. The van der Waals surface area contributed by atoms with Gasteiger partial charge in [0.25, 0.3) is 0 Å². The third-order valence-corrected chi connectivity index (χ3v) is 12.8. The lowest BCUT2D eigenvalue weighted by Crippen LogP contribution is -2.38. The van der Waals surface area contributed by atoms with Crippen LogP contribution in [0.3, 0.4) is 0 Å². The van der Waals surface area contributed by atoms with Gasteiger partial charge in [-0.1, -0.05) is 0 Å². The fraction of sp³-hybridized carbons (Fsp3) is 0.489. The number of hydrogen-bond donors (Lipinski definition) is 1. The predicted molar refractivity (Wildman–Crippen MR) is 254 cm³/mol. The quantitative estimate of drug-likeness (QED) is 0.174. The topological polar surface area (TPSA) is 184 Å². The summed E-state index contributed by atoms with van der Waals surface area (Å²) in [4.78, 5) is 76.9. The molecule has 8 rings (SSSR count). The van der Waals surface area contributed by atoms with E-state index in [0.717, 1.165) is 82.1 Å². The molecule has 31 heteroatoms. The van der Waals surface area contributed by atoms with E-state index in [1.807, 2.05) is 6.92 Å². The normalized spacial score (nSPS) is 22.9. The summed E-state index contributed by atoms with van der Waals surface area (Å²) in [6.45, 7) is 11.3. The molecule has 4 aromatic rings. The van der Waals surface area contributed by atoms with E-state index in [2.05, 4.69) is 19.9 Å². The van der Waals surface area contributed by atoms with Crippen LogP contribution < -0.4 is 19.6 Å². The van der Waals surface area contributed by atoms with Gasteiger partial charge in [-0.15, -0.1) is 0 Å². The van der Waals surface area contributed by atoms with Gasteiger partial charge in [0.1, 0.15) is 23.3 Å². The summed E-state index contributed by atoms with van der Waals surface area (Å²) in [7, 11) is 5.95. The van der Waals surface area contributed by atoms with Crippen LogP contribution in [0.5, 0.6) is 0 Å². The third-order valence-electron chi connectivity index (χ3n) is 12.8. The molecule has 0 radical (unpaired) electrons. The molecule has 8 heterocycles. The summed E-state index contributed by atoms with van der Waals surface area (Å²) in [5.41, 5.74) is -3.40. The van der Waals surface area contributed by atoms with Crippen LogP contribution in [0.2, 0.25) is 0 Å². The molecule has 7 atom stereocenters. The van der Waals surface area contributed by atoms with E-state index in [1.54, 1.807) is 48.7 Å².